The van der Waals surface area contributed by atoms with E-state index < -0.39 is 3.41 Å². The molecule has 0 radical (unpaired) electrons. The second kappa shape index (κ2) is 6.44. The number of hydrogen-bond acceptors (Lipinski definition) is 4. The number of benzene rings is 1. The molecule has 0 unspecified atom stereocenters. The maximum atomic E-state index is 12.3. The molecule has 0 spiro atoms. The van der Waals surface area contributed by atoms with Gasteiger partial charge in [0.05, 0.1) is 13.7 Å². The smallest absolute Gasteiger partial charge is 0.161 e. The minimum atomic E-state index is -2.69. The van der Waals surface area contributed by atoms with E-state index in [1.165, 1.54) is 0 Å². The van der Waals surface area contributed by atoms with Crippen LogP contribution in [0.3, 0.4) is 0 Å². The van der Waals surface area contributed by atoms with Crippen molar-refractivity contribution in [3.63, 3.8) is 0 Å². The van der Waals surface area contributed by atoms with Crippen LogP contribution in [0.4, 0.5) is 0 Å². The van der Waals surface area contributed by atoms with Crippen LogP contribution >= 0.6 is 42.4 Å². The minimum absolute atomic E-state index is 0.289. The Kier molecular flexibility index (Phi) is 5.91. The van der Waals surface area contributed by atoms with E-state index >= 15 is 0 Å². The normalized spacial score (nSPS) is 15.4. The fourth-order valence-electron chi connectivity index (χ4n) is 1.68. The highest BCUT2D eigenvalue weighted by Crippen LogP contribution is 2.42. The number of nitrogens with two attached hydrogens (primary N) is 1. The van der Waals surface area contributed by atoms with Gasteiger partial charge in [0.1, 0.15) is 0 Å². The molecule has 0 amide bonds. The Hall–Kier alpha value is 0.390. The summed E-state index contributed by atoms with van der Waals surface area (Å²) in [6.45, 7) is 2.47. The van der Waals surface area contributed by atoms with Gasteiger partial charge in [0, 0.05) is 60.5 Å². The molecule has 0 bridgehead atoms. The molecule has 19 heavy (non-hydrogen) atoms. The van der Waals surface area contributed by atoms with Crippen molar-refractivity contribution in [2.24, 2.45) is 5.73 Å². The minimum Gasteiger partial charge on any atom is -0.493 e. The molecule has 1 atom stereocenters. The summed E-state index contributed by atoms with van der Waals surface area (Å²) in [7, 11) is 1.60. The standard InChI is InChI=1S/C12H19I2NO3S/c1-4-18-12-7-9(5-6-11(12)17-2)10(15)8-19(3,13,14)16/h5-7,10H,4,8,15H2,1-3H3/t10-/m1/s1. The second-order valence-corrected chi connectivity index (χ2v) is 26.2. The summed E-state index contributed by atoms with van der Waals surface area (Å²) < 4.78 is 20.4. The second-order valence-electron chi connectivity index (χ2n) is 4.40. The number of ether oxygens (including phenoxy) is 2. The van der Waals surface area contributed by atoms with Crippen LogP contribution in [0.25, 0.3) is 0 Å². The molecule has 2 N–H and O–H groups in total. The molecule has 0 saturated heterocycles. The van der Waals surface area contributed by atoms with Crippen LogP contribution in [-0.2, 0) is 3.41 Å². The first-order valence-corrected chi connectivity index (χ1v) is 13.4. The lowest BCUT2D eigenvalue weighted by Crippen LogP contribution is -2.28. The number of halogens is 2. The molecule has 110 valence electrons. The molecule has 4 nitrogen and oxygen atoms in total. The molecule has 0 aliphatic carbocycles. The Labute approximate surface area is 138 Å². The van der Waals surface area contributed by atoms with Crippen molar-refractivity contribution in [3.05, 3.63) is 23.8 Å². The number of hydrogen-bond donors (Lipinski definition) is 1. The Morgan fingerprint density at radius 2 is 2.00 bits per heavy atom. The molecule has 0 aromatic heterocycles. The Bertz CT molecular complexity index is 505. The summed E-state index contributed by atoms with van der Waals surface area (Å²) in [5, 5.41) is 0. The van der Waals surface area contributed by atoms with Gasteiger partial charge in [0.2, 0.25) is 0 Å². The van der Waals surface area contributed by atoms with Crippen molar-refractivity contribution < 1.29 is 13.7 Å². The first-order valence-electron chi connectivity index (χ1n) is 5.75. The topological polar surface area (TPSA) is 61.5 Å². The summed E-state index contributed by atoms with van der Waals surface area (Å²) in [5.74, 6) is 1.77. The van der Waals surface area contributed by atoms with Gasteiger partial charge in [-0.15, -0.1) is 0 Å². The predicted molar refractivity (Wildman–Crippen MR) is 98.1 cm³/mol. The molecule has 1 aromatic rings. The van der Waals surface area contributed by atoms with Gasteiger partial charge in [-0.25, -0.2) is 0 Å². The predicted octanol–water partition coefficient (Wildman–Crippen LogP) is 3.24. The Balaban J connectivity index is 3.02. The number of rotatable bonds is 6. The van der Waals surface area contributed by atoms with Crippen LogP contribution in [0.2, 0.25) is 0 Å². The largest absolute Gasteiger partial charge is 0.493 e. The van der Waals surface area contributed by atoms with Crippen LogP contribution in [0.5, 0.6) is 11.5 Å². The Morgan fingerprint density at radius 1 is 1.37 bits per heavy atom. The average Bonchev–Trinajstić information content (AvgIpc) is 2.26. The van der Waals surface area contributed by atoms with Crippen LogP contribution in [-0.4, -0.2) is 29.9 Å². The summed E-state index contributed by atoms with van der Waals surface area (Å²) in [6, 6.07) is 5.29. The van der Waals surface area contributed by atoms with Crippen LogP contribution in [0, 0.1) is 0 Å². The van der Waals surface area contributed by atoms with Gasteiger partial charge >= 0.3 is 0 Å². The molecule has 1 aromatic carbocycles. The molecule has 1 rings (SSSR count). The van der Waals surface area contributed by atoms with E-state index in [0.717, 1.165) is 5.56 Å². The highest BCUT2D eigenvalue weighted by molar-refractivity contribution is 14.3. The lowest BCUT2D eigenvalue weighted by Gasteiger charge is -2.27. The quantitative estimate of drug-likeness (QED) is 0.471. The van der Waals surface area contributed by atoms with E-state index in [9.17, 15) is 4.21 Å². The summed E-state index contributed by atoms with van der Waals surface area (Å²) >= 11 is 3.99. The maximum absolute atomic E-state index is 12.3. The van der Waals surface area contributed by atoms with Crippen LogP contribution < -0.4 is 15.2 Å². The maximum Gasteiger partial charge on any atom is 0.161 e. The van der Waals surface area contributed by atoms with E-state index in [1.54, 1.807) is 13.4 Å². The molecule has 0 aliphatic rings. The van der Waals surface area contributed by atoms with Crippen molar-refractivity contribution in [2.75, 3.05) is 25.7 Å². The zero-order valence-corrected chi connectivity index (χ0v) is 16.3. The summed E-state index contributed by atoms with van der Waals surface area (Å²) in [5.41, 5.74) is 7.05. The van der Waals surface area contributed by atoms with Crippen molar-refractivity contribution in [2.45, 2.75) is 13.0 Å². The average molecular weight is 511 g/mol. The lowest BCUT2D eigenvalue weighted by atomic mass is 10.1. The van der Waals surface area contributed by atoms with Crippen molar-refractivity contribution >= 4 is 45.8 Å². The van der Waals surface area contributed by atoms with E-state index in [2.05, 4.69) is 0 Å². The van der Waals surface area contributed by atoms with Gasteiger partial charge in [-0.1, -0.05) is 6.07 Å². The molecular weight excluding hydrogens is 492 g/mol. The first kappa shape index (κ1) is 17.4. The molecule has 0 aliphatic heterocycles. The van der Waals surface area contributed by atoms with E-state index in [0.29, 0.717) is 23.9 Å². The van der Waals surface area contributed by atoms with Gasteiger partial charge < -0.3 is 15.2 Å². The van der Waals surface area contributed by atoms with Crippen LogP contribution in [0.1, 0.15) is 18.5 Å². The third-order valence-electron chi connectivity index (χ3n) is 2.46. The first-order chi connectivity index (χ1) is 8.62. The fraction of sp³-hybridized carbons (Fsp3) is 0.500. The van der Waals surface area contributed by atoms with Gasteiger partial charge in [0.25, 0.3) is 0 Å². The van der Waals surface area contributed by atoms with Crippen molar-refractivity contribution in [1.82, 2.24) is 0 Å². The molecule has 0 heterocycles. The molecule has 0 fully saturated rings. The number of methoxy groups -OCH3 is 1. The van der Waals surface area contributed by atoms with Crippen molar-refractivity contribution in [3.8, 4) is 11.5 Å². The van der Waals surface area contributed by atoms with Gasteiger partial charge in [-0.3, -0.25) is 4.21 Å². The highest BCUT2D eigenvalue weighted by atomic mass is 127. The van der Waals surface area contributed by atoms with E-state index in [1.807, 2.05) is 67.5 Å². The van der Waals surface area contributed by atoms with Crippen molar-refractivity contribution in [1.29, 1.82) is 0 Å². The van der Waals surface area contributed by atoms with Gasteiger partial charge in [-0.2, -0.15) is 0 Å². The summed E-state index contributed by atoms with van der Waals surface area (Å²) in [6.07, 6.45) is 1.74. The van der Waals surface area contributed by atoms with E-state index in [-0.39, 0.29) is 6.04 Å². The third kappa shape index (κ3) is 6.13. The SMILES string of the molecule is CCOc1cc([C@H](N)CS(C)(=O)(I)I)ccc1OC. The van der Waals surface area contributed by atoms with Gasteiger partial charge in [0.15, 0.2) is 11.5 Å². The van der Waals surface area contributed by atoms with E-state index in [4.69, 9.17) is 15.2 Å². The highest BCUT2D eigenvalue weighted by Gasteiger charge is 2.27. The van der Waals surface area contributed by atoms with Crippen LogP contribution in [0.15, 0.2) is 18.2 Å². The zero-order chi connectivity index (χ0) is 14.7. The zero-order valence-electron chi connectivity index (χ0n) is 11.2. The molecule has 7 heteroatoms. The summed E-state index contributed by atoms with van der Waals surface area (Å²) in [4.78, 5) is 0. The fourth-order valence-corrected chi connectivity index (χ4v) is 4.97. The molecule has 0 saturated carbocycles. The van der Waals surface area contributed by atoms with Gasteiger partial charge in [-0.05, 0) is 28.0 Å². The Morgan fingerprint density at radius 3 is 2.47 bits per heavy atom. The lowest BCUT2D eigenvalue weighted by molar-refractivity contribution is 0.310. The monoisotopic (exact) mass is 511 g/mol. The third-order valence-corrected chi connectivity index (χ3v) is 5.69. The molecular formula is C12H19I2NO3S.